The molecule has 0 aromatic heterocycles. The molecule has 1 saturated heterocycles. The van der Waals surface area contributed by atoms with Crippen LogP contribution in [0.1, 0.15) is 31.2 Å². The number of likely N-dealkylation sites (tertiary alicyclic amines) is 1. The molecule has 1 saturated carbocycles. The van der Waals surface area contributed by atoms with Crippen molar-refractivity contribution in [1.82, 2.24) is 20.9 Å². The zero-order chi connectivity index (χ0) is 17.5. The van der Waals surface area contributed by atoms with E-state index >= 15 is 0 Å². The molecule has 1 aliphatic heterocycles. The predicted molar refractivity (Wildman–Crippen MR) is 97.3 cm³/mol. The highest BCUT2D eigenvalue weighted by Gasteiger charge is 2.31. The highest BCUT2D eigenvalue weighted by atomic mass is 16.2. The van der Waals surface area contributed by atoms with Crippen LogP contribution in [-0.4, -0.2) is 55.1 Å². The summed E-state index contributed by atoms with van der Waals surface area (Å²) in [5.41, 5.74) is 0.989. The summed E-state index contributed by atoms with van der Waals surface area (Å²) in [7, 11) is 0. The minimum absolute atomic E-state index is 0.0270. The highest BCUT2D eigenvalue weighted by molar-refractivity contribution is 5.78. The van der Waals surface area contributed by atoms with E-state index in [-0.39, 0.29) is 18.0 Å². The first-order chi connectivity index (χ1) is 12.2. The molecule has 1 heterocycles. The van der Waals surface area contributed by atoms with Crippen LogP contribution in [0.4, 0.5) is 4.79 Å². The SMILES string of the molecule is O=C(Cc1ccccc1)NCCNC(=O)NC1CCN(C2CC2)CC1. The summed E-state index contributed by atoms with van der Waals surface area (Å²) in [6, 6.07) is 10.6. The molecule has 2 fully saturated rings. The van der Waals surface area contributed by atoms with Crippen molar-refractivity contribution in [2.24, 2.45) is 0 Å². The Kier molecular flexibility index (Phi) is 6.28. The third kappa shape index (κ3) is 6.05. The van der Waals surface area contributed by atoms with Crippen molar-refractivity contribution in [3.63, 3.8) is 0 Å². The lowest BCUT2D eigenvalue weighted by Gasteiger charge is -2.32. The monoisotopic (exact) mass is 344 g/mol. The van der Waals surface area contributed by atoms with E-state index in [1.54, 1.807) is 0 Å². The minimum Gasteiger partial charge on any atom is -0.354 e. The molecule has 2 aliphatic rings. The van der Waals surface area contributed by atoms with Gasteiger partial charge in [0.05, 0.1) is 6.42 Å². The third-order valence-corrected chi connectivity index (χ3v) is 4.87. The molecule has 0 atom stereocenters. The van der Waals surface area contributed by atoms with E-state index in [1.165, 1.54) is 12.8 Å². The number of piperidine rings is 1. The van der Waals surface area contributed by atoms with Crippen LogP contribution in [0.5, 0.6) is 0 Å². The van der Waals surface area contributed by atoms with Gasteiger partial charge in [-0.15, -0.1) is 0 Å². The Hall–Kier alpha value is -2.08. The summed E-state index contributed by atoms with van der Waals surface area (Å²) in [5.74, 6) is -0.0270. The number of nitrogens with zero attached hydrogens (tertiary/aromatic N) is 1. The molecular weight excluding hydrogens is 316 g/mol. The normalized spacial score (nSPS) is 18.6. The number of carbonyl (C=O) groups is 2. The van der Waals surface area contributed by atoms with Crippen LogP contribution in [0, 0.1) is 0 Å². The van der Waals surface area contributed by atoms with E-state index in [2.05, 4.69) is 20.9 Å². The number of hydrogen-bond donors (Lipinski definition) is 3. The quantitative estimate of drug-likeness (QED) is 0.652. The van der Waals surface area contributed by atoms with Gasteiger partial charge in [-0.2, -0.15) is 0 Å². The summed E-state index contributed by atoms with van der Waals surface area (Å²) >= 11 is 0. The maximum atomic E-state index is 11.9. The lowest BCUT2D eigenvalue weighted by molar-refractivity contribution is -0.120. The van der Waals surface area contributed by atoms with E-state index in [1.807, 2.05) is 30.3 Å². The second kappa shape index (κ2) is 8.85. The van der Waals surface area contributed by atoms with Crippen LogP contribution in [-0.2, 0) is 11.2 Å². The number of benzene rings is 1. The van der Waals surface area contributed by atoms with E-state index in [4.69, 9.17) is 0 Å². The molecule has 3 N–H and O–H groups in total. The smallest absolute Gasteiger partial charge is 0.315 e. The Morgan fingerprint density at radius 1 is 0.960 bits per heavy atom. The van der Waals surface area contributed by atoms with Crippen LogP contribution in [0.15, 0.2) is 30.3 Å². The van der Waals surface area contributed by atoms with Gasteiger partial charge < -0.3 is 20.9 Å². The van der Waals surface area contributed by atoms with E-state index < -0.39 is 0 Å². The third-order valence-electron chi connectivity index (χ3n) is 4.87. The molecule has 6 heteroatoms. The van der Waals surface area contributed by atoms with Crippen molar-refractivity contribution in [1.29, 1.82) is 0 Å². The molecule has 136 valence electrons. The zero-order valence-electron chi connectivity index (χ0n) is 14.7. The standard InChI is InChI=1S/C19H28N4O2/c24-18(14-15-4-2-1-3-5-15)20-10-11-21-19(25)22-16-8-12-23(13-9-16)17-6-7-17/h1-5,16-17H,6-14H2,(H,20,24)(H2,21,22,25). The average molecular weight is 344 g/mol. The van der Waals surface area contributed by atoms with Gasteiger partial charge in [0.25, 0.3) is 0 Å². The molecule has 0 radical (unpaired) electrons. The molecule has 3 rings (SSSR count). The fourth-order valence-corrected chi connectivity index (χ4v) is 3.31. The van der Waals surface area contributed by atoms with Gasteiger partial charge in [-0.1, -0.05) is 30.3 Å². The van der Waals surface area contributed by atoms with Gasteiger partial charge in [0, 0.05) is 38.3 Å². The second-order valence-corrected chi connectivity index (χ2v) is 6.95. The molecule has 0 spiro atoms. The van der Waals surface area contributed by atoms with Crippen LogP contribution in [0.2, 0.25) is 0 Å². The van der Waals surface area contributed by atoms with Crippen LogP contribution in [0.25, 0.3) is 0 Å². The first-order valence-electron chi connectivity index (χ1n) is 9.30. The predicted octanol–water partition coefficient (Wildman–Crippen LogP) is 1.27. The largest absolute Gasteiger partial charge is 0.354 e. The number of rotatable bonds is 7. The van der Waals surface area contributed by atoms with Crippen molar-refractivity contribution in [3.05, 3.63) is 35.9 Å². The van der Waals surface area contributed by atoms with E-state index in [9.17, 15) is 9.59 Å². The van der Waals surface area contributed by atoms with Crippen LogP contribution >= 0.6 is 0 Å². The summed E-state index contributed by atoms with van der Waals surface area (Å²) in [6.45, 7) is 3.06. The summed E-state index contributed by atoms with van der Waals surface area (Å²) in [4.78, 5) is 26.3. The van der Waals surface area contributed by atoms with Gasteiger partial charge in [0.2, 0.25) is 5.91 Å². The highest BCUT2D eigenvalue weighted by Crippen LogP contribution is 2.29. The summed E-state index contributed by atoms with van der Waals surface area (Å²) < 4.78 is 0. The maximum Gasteiger partial charge on any atom is 0.315 e. The second-order valence-electron chi connectivity index (χ2n) is 6.95. The minimum atomic E-state index is -0.137. The zero-order valence-corrected chi connectivity index (χ0v) is 14.7. The maximum absolute atomic E-state index is 11.9. The van der Waals surface area contributed by atoms with Crippen LogP contribution < -0.4 is 16.0 Å². The van der Waals surface area contributed by atoms with E-state index in [0.29, 0.717) is 19.5 Å². The van der Waals surface area contributed by atoms with Crippen molar-refractivity contribution in [3.8, 4) is 0 Å². The number of hydrogen-bond acceptors (Lipinski definition) is 3. The van der Waals surface area contributed by atoms with Gasteiger partial charge in [-0.05, 0) is 31.2 Å². The Labute approximate surface area is 149 Å². The summed E-state index contributed by atoms with van der Waals surface area (Å²) in [5, 5.41) is 8.68. The fraction of sp³-hybridized carbons (Fsp3) is 0.579. The molecule has 0 bridgehead atoms. The first kappa shape index (κ1) is 17.7. The topological polar surface area (TPSA) is 73.5 Å². The Morgan fingerprint density at radius 3 is 2.32 bits per heavy atom. The van der Waals surface area contributed by atoms with Crippen molar-refractivity contribution in [2.75, 3.05) is 26.2 Å². The van der Waals surface area contributed by atoms with Gasteiger partial charge in [0.1, 0.15) is 0 Å². The molecule has 1 aliphatic carbocycles. The average Bonchev–Trinajstić information content (AvgIpc) is 3.45. The molecule has 6 nitrogen and oxygen atoms in total. The van der Waals surface area contributed by atoms with Crippen LogP contribution in [0.3, 0.4) is 0 Å². The Balaban J connectivity index is 1.23. The molecule has 0 unspecified atom stereocenters. The molecule has 1 aromatic carbocycles. The number of urea groups is 1. The van der Waals surface area contributed by atoms with Gasteiger partial charge in [-0.25, -0.2) is 4.79 Å². The Morgan fingerprint density at radius 2 is 1.64 bits per heavy atom. The number of carbonyl (C=O) groups excluding carboxylic acids is 2. The summed E-state index contributed by atoms with van der Waals surface area (Å²) in [6.07, 6.45) is 5.10. The van der Waals surface area contributed by atoms with Crippen molar-refractivity contribution in [2.45, 2.75) is 44.2 Å². The van der Waals surface area contributed by atoms with Gasteiger partial charge in [-0.3, -0.25) is 4.79 Å². The molecule has 3 amide bonds. The lowest BCUT2D eigenvalue weighted by atomic mass is 10.1. The molecular formula is C19H28N4O2. The number of nitrogens with one attached hydrogen (secondary N) is 3. The Bertz CT molecular complexity index is 566. The first-order valence-corrected chi connectivity index (χ1v) is 9.30. The number of amides is 3. The van der Waals surface area contributed by atoms with Crippen molar-refractivity contribution >= 4 is 11.9 Å². The van der Waals surface area contributed by atoms with Gasteiger partial charge in [0.15, 0.2) is 0 Å². The van der Waals surface area contributed by atoms with Gasteiger partial charge >= 0.3 is 6.03 Å². The lowest BCUT2D eigenvalue weighted by Crippen LogP contribution is -2.49. The molecule has 1 aromatic rings. The van der Waals surface area contributed by atoms with Crippen molar-refractivity contribution < 1.29 is 9.59 Å². The molecule has 25 heavy (non-hydrogen) atoms. The van der Waals surface area contributed by atoms with E-state index in [0.717, 1.165) is 37.5 Å². The fourth-order valence-electron chi connectivity index (χ4n) is 3.31.